The molecule has 0 saturated heterocycles. The van der Waals surface area contributed by atoms with Crippen molar-refractivity contribution in [2.75, 3.05) is 10.0 Å². The highest BCUT2D eigenvalue weighted by Gasteiger charge is 2.22. The average Bonchev–Trinajstić information content (AvgIpc) is 2.91. The van der Waals surface area contributed by atoms with Gasteiger partial charge >= 0.3 is 0 Å². The highest BCUT2D eigenvalue weighted by Crippen LogP contribution is 2.22. The number of sulfonamides is 1. The van der Waals surface area contributed by atoms with E-state index >= 15 is 0 Å². The normalized spacial score (nSPS) is 11.3. The molecule has 0 aliphatic heterocycles. The molecular weight excluding hydrogens is 338 g/mol. The van der Waals surface area contributed by atoms with E-state index < -0.39 is 10.0 Å². The third-order valence-electron chi connectivity index (χ3n) is 3.75. The molecule has 130 valence electrons. The first-order valence-corrected chi connectivity index (χ1v) is 9.18. The first-order valence-electron chi connectivity index (χ1n) is 7.70. The lowest BCUT2D eigenvalue weighted by atomic mass is 10.2. The standard InChI is InChI=1S/C17H19N5O2S/c1-11-6-4-5-7-15(11)19-16-9-8-14(10-18-16)22-25(23,24)17-12(2)20-21-13(17)3/h4-10,22H,1-3H3,(H,18,19)(H,20,21). The van der Waals surface area contributed by atoms with E-state index in [4.69, 9.17) is 0 Å². The van der Waals surface area contributed by atoms with Crippen molar-refractivity contribution in [1.82, 2.24) is 15.2 Å². The van der Waals surface area contributed by atoms with Crippen molar-refractivity contribution in [1.29, 1.82) is 0 Å². The molecule has 0 aliphatic carbocycles. The lowest BCUT2D eigenvalue weighted by Crippen LogP contribution is -2.14. The largest absolute Gasteiger partial charge is 0.340 e. The van der Waals surface area contributed by atoms with E-state index in [-0.39, 0.29) is 4.90 Å². The van der Waals surface area contributed by atoms with Gasteiger partial charge in [0.1, 0.15) is 10.7 Å². The Labute approximate surface area is 146 Å². The third-order valence-corrected chi connectivity index (χ3v) is 5.40. The summed E-state index contributed by atoms with van der Waals surface area (Å²) in [5.41, 5.74) is 3.36. The van der Waals surface area contributed by atoms with Crippen LogP contribution in [-0.2, 0) is 10.0 Å². The van der Waals surface area contributed by atoms with E-state index in [2.05, 4.69) is 25.2 Å². The van der Waals surface area contributed by atoms with E-state index in [1.165, 1.54) is 6.20 Å². The van der Waals surface area contributed by atoms with Gasteiger partial charge in [0.25, 0.3) is 10.0 Å². The molecule has 1 aromatic carbocycles. The minimum absolute atomic E-state index is 0.162. The van der Waals surface area contributed by atoms with Gasteiger partial charge in [0, 0.05) is 5.69 Å². The first kappa shape index (κ1) is 17.0. The summed E-state index contributed by atoms with van der Waals surface area (Å²) in [4.78, 5) is 4.43. The van der Waals surface area contributed by atoms with Crippen molar-refractivity contribution < 1.29 is 8.42 Å². The molecule has 3 rings (SSSR count). The number of H-pyrrole nitrogens is 1. The van der Waals surface area contributed by atoms with Gasteiger partial charge in [-0.1, -0.05) is 18.2 Å². The Bertz CT molecular complexity index is 975. The summed E-state index contributed by atoms with van der Waals surface area (Å²) in [6.45, 7) is 5.31. The Morgan fingerprint density at radius 2 is 1.80 bits per heavy atom. The van der Waals surface area contributed by atoms with Crippen LogP contribution in [0.3, 0.4) is 0 Å². The number of nitrogens with zero attached hydrogens (tertiary/aromatic N) is 2. The third kappa shape index (κ3) is 3.63. The van der Waals surface area contributed by atoms with Crippen LogP contribution in [0.1, 0.15) is 17.0 Å². The predicted octanol–water partition coefficient (Wildman–Crippen LogP) is 3.27. The zero-order valence-corrected chi connectivity index (χ0v) is 15.0. The second-order valence-electron chi connectivity index (χ2n) is 5.74. The van der Waals surface area contributed by atoms with Gasteiger partial charge in [-0.25, -0.2) is 13.4 Å². The van der Waals surface area contributed by atoms with Crippen molar-refractivity contribution in [3.63, 3.8) is 0 Å². The fourth-order valence-corrected chi connectivity index (χ4v) is 3.94. The predicted molar refractivity (Wildman–Crippen MR) is 97.6 cm³/mol. The van der Waals surface area contributed by atoms with Crippen LogP contribution in [0.5, 0.6) is 0 Å². The molecule has 2 aromatic heterocycles. The second kappa shape index (κ2) is 6.56. The summed E-state index contributed by atoms with van der Waals surface area (Å²) in [7, 11) is -3.71. The fraction of sp³-hybridized carbons (Fsp3) is 0.176. The van der Waals surface area contributed by atoms with E-state index in [1.54, 1.807) is 26.0 Å². The van der Waals surface area contributed by atoms with E-state index in [1.807, 2.05) is 31.2 Å². The van der Waals surface area contributed by atoms with Gasteiger partial charge in [0.2, 0.25) is 0 Å². The maximum Gasteiger partial charge on any atom is 0.265 e. The molecule has 0 atom stereocenters. The number of hydrogen-bond acceptors (Lipinski definition) is 5. The van der Waals surface area contributed by atoms with Crippen molar-refractivity contribution in [3.05, 3.63) is 59.5 Å². The monoisotopic (exact) mass is 357 g/mol. The number of aromatic nitrogens is 3. The van der Waals surface area contributed by atoms with Crippen LogP contribution in [0.15, 0.2) is 47.5 Å². The topological polar surface area (TPSA) is 99.8 Å². The van der Waals surface area contributed by atoms with E-state index in [0.29, 0.717) is 22.9 Å². The molecule has 3 N–H and O–H groups in total. The van der Waals surface area contributed by atoms with Crippen molar-refractivity contribution in [2.24, 2.45) is 0 Å². The average molecular weight is 357 g/mol. The Hall–Kier alpha value is -2.87. The summed E-state index contributed by atoms with van der Waals surface area (Å²) in [6.07, 6.45) is 1.48. The van der Waals surface area contributed by atoms with Crippen molar-refractivity contribution >= 4 is 27.2 Å². The summed E-state index contributed by atoms with van der Waals surface area (Å²) >= 11 is 0. The molecule has 2 heterocycles. The van der Waals surface area contributed by atoms with Gasteiger partial charge in [-0.15, -0.1) is 0 Å². The Kier molecular flexibility index (Phi) is 4.45. The molecule has 7 nitrogen and oxygen atoms in total. The van der Waals surface area contributed by atoms with Gasteiger partial charge in [-0.3, -0.25) is 9.82 Å². The van der Waals surface area contributed by atoms with Crippen LogP contribution >= 0.6 is 0 Å². The molecule has 0 unspecified atom stereocenters. The highest BCUT2D eigenvalue weighted by atomic mass is 32.2. The molecule has 0 radical (unpaired) electrons. The van der Waals surface area contributed by atoms with Gasteiger partial charge in [0.15, 0.2) is 0 Å². The molecule has 0 amide bonds. The minimum atomic E-state index is -3.71. The second-order valence-corrected chi connectivity index (χ2v) is 7.36. The molecule has 25 heavy (non-hydrogen) atoms. The first-order chi connectivity index (χ1) is 11.9. The van der Waals surface area contributed by atoms with Gasteiger partial charge in [-0.05, 0) is 44.5 Å². The zero-order chi connectivity index (χ0) is 18.0. The number of benzene rings is 1. The number of para-hydroxylation sites is 1. The molecule has 3 aromatic rings. The minimum Gasteiger partial charge on any atom is -0.340 e. The number of hydrogen-bond donors (Lipinski definition) is 3. The number of pyridine rings is 1. The lowest BCUT2D eigenvalue weighted by molar-refractivity contribution is 0.600. The highest BCUT2D eigenvalue weighted by molar-refractivity contribution is 7.92. The number of aryl methyl sites for hydroxylation is 3. The molecule has 0 bridgehead atoms. The van der Waals surface area contributed by atoms with E-state index in [9.17, 15) is 8.42 Å². The number of rotatable bonds is 5. The Morgan fingerprint density at radius 1 is 1.04 bits per heavy atom. The van der Waals surface area contributed by atoms with E-state index in [0.717, 1.165) is 11.3 Å². The summed E-state index contributed by atoms with van der Waals surface area (Å²) in [6, 6.07) is 11.2. The van der Waals surface area contributed by atoms with Crippen LogP contribution in [-0.4, -0.2) is 23.6 Å². The summed E-state index contributed by atoms with van der Waals surface area (Å²) in [5, 5.41) is 9.80. The lowest BCUT2D eigenvalue weighted by Gasteiger charge is -2.10. The molecule has 0 fully saturated rings. The maximum absolute atomic E-state index is 12.5. The molecule has 0 spiro atoms. The van der Waals surface area contributed by atoms with Gasteiger partial charge in [0.05, 0.1) is 23.3 Å². The van der Waals surface area contributed by atoms with Crippen LogP contribution in [0, 0.1) is 20.8 Å². The molecule has 8 heteroatoms. The quantitative estimate of drug-likeness (QED) is 0.651. The smallest absolute Gasteiger partial charge is 0.265 e. The number of anilines is 3. The van der Waals surface area contributed by atoms with Crippen LogP contribution in [0.25, 0.3) is 0 Å². The Morgan fingerprint density at radius 3 is 2.40 bits per heavy atom. The van der Waals surface area contributed by atoms with Gasteiger partial charge in [-0.2, -0.15) is 5.10 Å². The number of aromatic amines is 1. The zero-order valence-electron chi connectivity index (χ0n) is 14.2. The van der Waals surface area contributed by atoms with Gasteiger partial charge < -0.3 is 5.32 Å². The molecular formula is C17H19N5O2S. The fourth-order valence-electron chi connectivity index (χ4n) is 2.52. The SMILES string of the molecule is Cc1ccccc1Nc1ccc(NS(=O)(=O)c2c(C)n[nH]c2C)cn1. The van der Waals surface area contributed by atoms with Crippen LogP contribution in [0.4, 0.5) is 17.2 Å². The summed E-state index contributed by atoms with van der Waals surface area (Å²) < 4.78 is 27.5. The van der Waals surface area contributed by atoms with Crippen LogP contribution < -0.4 is 10.0 Å². The van der Waals surface area contributed by atoms with Crippen LogP contribution in [0.2, 0.25) is 0 Å². The number of nitrogens with one attached hydrogen (secondary N) is 3. The molecule has 0 saturated carbocycles. The summed E-state index contributed by atoms with van der Waals surface area (Å²) in [5.74, 6) is 0.632. The Balaban J connectivity index is 1.78. The maximum atomic E-state index is 12.5. The van der Waals surface area contributed by atoms with Crippen molar-refractivity contribution in [3.8, 4) is 0 Å². The molecule has 0 aliphatic rings. The van der Waals surface area contributed by atoms with Crippen molar-refractivity contribution in [2.45, 2.75) is 25.7 Å².